The van der Waals surface area contributed by atoms with E-state index in [0.717, 1.165) is 130 Å². The van der Waals surface area contributed by atoms with Crippen LogP contribution in [0.4, 0.5) is 17.1 Å². The molecule has 10 rings (SSSR count). The van der Waals surface area contributed by atoms with Crippen molar-refractivity contribution in [2.24, 2.45) is 23.7 Å². The van der Waals surface area contributed by atoms with E-state index in [1.807, 2.05) is 107 Å². The highest BCUT2D eigenvalue weighted by molar-refractivity contribution is 6.04. The van der Waals surface area contributed by atoms with Crippen LogP contribution < -0.4 is 72.2 Å². The molecular formula is C86H115Br3N8O13. The van der Waals surface area contributed by atoms with Crippen molar-refractivity contribution in [3.8, 4) is 0 Å². The number of ether oxygens (including phenoxy) is 4. The van der Waals surface area contributed by atoms with Gasteiger partial charge in [-0.15, -0.1) is 0 Å². The summed E-state index contributed by atoms with van der Waals surface area (Å²) < 4.78 is 21.8. The number of para-hydroxylation sites is 3. The van der Waals surface area contributed by atoms with E-state index in [-0.39, 0.29) is 130 Å². The van der Waals surface area contributed by atoms with Gasteiger partial charge < -0.3 is 110 Å². The third-order valence-corrected chi connectivity index (χ3v) is 21.1. The predicted molar refractivity (Wildman–Crippen MR) is 415 cm³/mol. The highest BCUT2D eigenvalue weighted by Gasteiger charge is 2.44. The molecular weight excluding hydrogens is 1590 g/mol. The van der Waals surface area contributed by atoms with Gasteiger partial charge in [0.05, 0.1) is 113 Å². The number of methoxy groups -OCH3 is 3. The first kappa shape index (κ1) is 92.5. The summed E-state index contributed by atoms with van der Waals surface area (Å²) in [6.07, 6.45) is 11.6. The number of carbonyl (C=O) groups is 9. The molecule has 4 aliphatic rings. The number of rotatable bonds is 26. The number of esters is 4. The number of carbonyl (C=O) groups excluding carboxylic acids is 9. The van der Waals surface area contributed by atoms with Gasteiger partial charge in [-0.1, -0.05) is 167 Å². The molecule has 0 radical (unpaired) electrons. The van der Waals surface area contributed by atoms with E-state index in [1.54, 1.807) is 36.4 Å². The Morgan fingerprint density at radius 3 is 1.15 bits per heavy atom. The molecule has 0 spiro atoms. The maximum absolute atomic E-state index is 13.6. The SMILES string of the molecule is CCCCNC(=O)C1CCC[N+](CC(=O)Nc2c(C)cccc2C(=O)OC)(Cc2ccccc2)C1.COC(=O)c1cccc(C)c1NC(=O)C[N+]1(Cc2ccccc2)CCCC(C(=O)N2CCCCCC2)C1.COC(=O)c1cccc(C)c1NC(=O)C[N+]1(Cc2ccccc2)CCCC(C(=O)OCC(C)C)C1.[Br-].[Br-].[Br-]. The molecule has 6 atom stereocenters. The smallest absolute Gasteiger partial charge is 0.339 e. The fourth-order valence-corrected chi connectivity index (χ4v) is 15.8. The zero-order chi connectivity index (χ0) is 76.9. The van der Waals surface area contributed by atoms with Gasteiger partial charge in [0.15, 0.2) is 19.6 Å². The highest BCUT2D eigenvalue weighted by Crippen LogP contribution is 2.34. The summed E-state index contributed by atoms with van der Waals surface area (Å²) in [5.74, 6) is -2.00. The maximum atomic E-state index is 13.6. The number of amides is 5. The van der Waals surface area contributed by atoms with Gasteiger partial charge in [0, 0.05) is 36.3 Å². The summed E-state index contributed by atoms with van der Waals surface area (Å²) in [4.78, 5) is 119. The molecule has 0 bridgehead atoms. The van der Waals surface area contributed by atoms with Crippen molar-refractivity contribution in [3.05, 3.63) is 196 Å². The number of anilines is 3. The number of nitrogens with one attached hydrogen (secondary N) is 4. The van der Waals surface area contributed by atoms with E-state index in [0.29, 0.717) is 99.6 Å². The molecule has 4 N–H and O–H groups in total. The third-order valence-electron chi connectivity index (χ3n) is 21.1. The molecule has 4 fully saturated rings. The van der Waals surface area contributed by atoms with Crippen molar-refractivity contribution in [3.63, 3.8) is 0 Å². The number of hydrogen-bond donors (Lipinski definition) is 4. The Bertz CT molecular complexity index is 3980. The van der Waals surface area contributed by atoms with E-state index < -0.39 is 17.9 Å². The standard InChI is InChI=1S/C30H39N3O4.C28H37N3O4.C28H36N2O5.3BrH/c1-23-12-10-16-26(30(36)37-2)28(23)31-27(34)22-33(20-24-13-6-5-7-14-24)19-11-15-25(21-33)29(35)32-17-8-3-4-9-18-32;1-4-5-16-29-27(33)23-14-10-17-31(19-23,18-22-12-7-6-8-13-22)20-25(32)30-26-21(2)11-9-15-24(26)28(34)35-3;1-20(2)19-35-27(32)23-13-9-15-30(17-23,16-22-11-6-5-7-12-22)18-25(31)29-26-21(3)10-8-14-24(26)28(33)34-4;;;/h5-7,10,12-14,16,25H,3-4,8-9,11,15,17-22H2,1-2H3;6-9,11-13,15,23H,4-5,10,14,16-20H2,1-3H3,(H-,29,30,32,33,34);5-8,10-12,14,20,23H,9,13,15-19H2,1-4H3;3*1H. The molecule has 4 aliphatic heterocycles. The Kier molecular flexibility index (Phi) is 38.7. The second-order valence-corrected chi connectivity index (χ2v) is 30.2. The molecule has 6 aromatic rings. The summed E-state index contributed by atoms with van der Waals surface area (Å²) in [5.41, 5.74) is 8.23. The monoisotopic (exact) mass is 1700 g/mol. The van der Waals surface area contributed by atoms with Crippen LogP contribution in [0.25, 0.3) is 0 Å². The topological polar surface area (TPSA) is 242 Å². The largest absolute Gasteiger partial charge is 1.00 e. The Balaban J connectivity index is 0.000000292. The van der Waals surface area contributed by atoms with Crippen molar-refractivity contribution in [1.82, 2.24) is 10.2 Å². The average molecular weight is 1710 g/mol. The second-order valence-electron chi connectivity index (χ2n) is 30.2. The summed E-state index contributed by atoms with van der Waals surface area (Å²) in [6.45, 7) is 21.4. The molecule has 21 nitrogen and oxygen atoms in total. The number of quaternary nitrogens is 3. The molecule has 0 aliphatic carbocycles. The lowest BCUT2D eigenvalue weighted by atomic mass is 9.93. The van der Waals surface area contributed by atoms with Gasteiger partial charge in [-0.25, -0.2) is 14.4 Å². The lowest BCUT2D eigenvalue weighted by Gasteiger charge is -2.44. The molecule has 6 aromatic carbocycles. The highest BCUT2D eigenvalue weighted by atomic mass is 79.9. The van der Waals surface area contributed by atoms with Gasteiger partial charge in [0.1, 0.15) is 25.6 Å². The summed E-state index contributed by atoms with van der Waals surface area (Å²) in [6, 6.07) is 46.2. The summed E-state index contributed by atoms with van der Waals surface area (Å²) in [5, 5.41) is 12.0. The number of benzene rings is 6. The average Bonchev–Trinajstić information content (AvgIpc) is 1.50. The van der Waals surface area contributed by atoms with Gasteiger partial charge in [-0.3, -0.25) is 28.8 Å². The lowest BCUT2D eigenvalue weighted by Crippen LogP contribution is -3.00. The predicted octanol–water partition coefficient (Wildman–Crippen LogP) is 3.97. The minimum atomic E-state index is -0.497. The maximum Gasteiger partial charge on any atom is 0.339 e. The number of aryl methyl sites for hydroxylation is 3. The first-order valence-corrected chi connectivity index (χ1v) is 38.3. The van der Waals surface area contributed by atoms with Crippen LogP contribution in [0.15, 0.2) is 146 Å². The van der Waals surface area contributed by atoms with Gasteiger partial charge in [0.2, 0.25) is 11.8 Å². The van der Waals surface area contributed by atoms with Crippen molar-refractivity contribution in [1.29, 1.82) is 0 Å². The van der Waals surface area contributed by atoms with Gasteiger partial charge in [-0.2, -0.15) is 0 Å². The van der Waals surface area contributed by atoms with Gasteiger partial charge >= 0.3 is 23.9 Å². The lowest BCUT2D eigenvalue weighted by molar-refractivity contribution is -0.940. The number of halogens is 3. The molecule has 0 aromatic heterocycles. The Hall–Kier alpha value is -8.13. The number of unbranched alkanes of at least 4 members (excludes halogenated alkanes) is 1. The first-order chi connectivity index (χ1) is 51.5. The van der Waals surface area contributed by atoms with Crippen LogP contribution in [0.2, 0.25) is 0 Å². The number of hydrogen-bond acceptors (Lipinski definition) is 13. The van der Waals surface area contributed by atoms with Crippen LogP contribution in [-0.4, -0.2) is 178 Å². The Labute approximate surface area is 682 Å². The van der Waals surface area contributed by atoms with Crippen LogP contribution in [0.5, 0.6) is 0 Å². The molecule has 4 heterocycles. The molecule has 5 amide bonds. The van der Waals surface area contributed by atoms with Gasteiger partial charge in [-0.05, 0) is 119 Å². The second kappa shape index (κ2) is 46.0. The van der Waals surface area contributed by atoms with E-state index >= 15 is 0 Å². The van der Waals surface area contributed by atoms with Crippen molar-refractivity contribution < 1.29 is 126 Å². The molecule has 4 saturated heterocycles. The summed E-state index contributed by atoms with van der Waals surface area (Å²) in [7, 11) is 3.99. The number of nitrogens with zero attached hydrogens (tertiary/aromatic N) is 4. The molecule has 598 valence electrons. The zero-order valence-corrected chi connectivity index (χ0v) is 70.5. The fraction of sp³-hybridized carbons (Fsp3) is 0.477. The fourth-order valence-electron chi connectivity index (χ4n) is 15.8. The van der Waals surface area contributed by atoms with Crippen molar-refractivity contribution in [2.45, 2.75) is 138 Å². The molecule has 24 heteroatoms. The summed E-state index contributed by atoms with van der Waals surface area (Å²) >= 11 is 0. The minimum Gasteiger partial charge on any atom is -1.00 e. The van der Waals surface area contributed by atoms with E-state index in [4.69, 9.17) is 18.9 Å². The molecule has 0 saturated carbocycles. The van der Waals surface area contributed by atoms with Crippen LogP contribution in [0, 0.1) is 44.4 Å². The number of piperidine rings is 3. The zero-order valence-electron chi connectivity index (χ0n) is 65.7. The third kappa shape index (κ3) is 27.4. The van der Waals surface area contributed by atoms with Crippen molar-refractivity contribution in [2.75, 3.05) is 122 Å². The Morgan fingerprint density at radius 2 is 0.791 bits per heavy atom. The van der Waals surface area contributed by atoms with Crippen LogP contribution in [-0.2, 0) is 67.3 Å². The van der Waals surface area contributed by atoms with E-state index in [2.05, 4.69) is 69.5 Å². The van der Waals surface area contributed by atoms with Crippen LogP contribution >= 0.6 is 0 Å². The van der Waals surface area contributed by atoms with Gasteiger partial charge in [0.25, 0.3) is 17.7 Å². The molecule has 6 unspecified atom stereocenters. The normalized spacial score (nSPS) is 19.9. The Morgan fingerprint density at radius 1 is 0.445 bits per heavy atom. The van der Waals surface area contributed by atoms with Crippen molar-refractivity contribution >= 4 is 70.5 Å². The minimum absolute atomic E-state index is 0. The van der Waals surface area contributed by atoms with E-state index in [9.17, 15) is 43.2 Å². The first-order valence-electron chi connectivity index (χ1n) is 38.3. The quantitative estimate of drug-likeness (QED) is 0.0261. The molecule has 110 heavy (non-hydrogen) atoms. The van der Waals surface area contributed by atoms with Crippen LogP contribution in [0.3, 0.4) is 0 Å². The number of likely N-dealkylation sites (tertiary alicyclic amines) is 4. The van der Waals surface area contributed by atoms with E-state index in [1.165, 1.54) is 34.2 Å². The van der Waals surface area contributed by atoms with Crippen LogP contribution in [0.1, 0.15) is 162 Å².